The van der Waals surface area contributed by atoms with E-state index in [1.807, 2.05) is 12.1 Å². The van der Waals surface area contributed by atoms with Gasteiger partial charge in [0.05, 0.1) is 11.8 Å². The molecule has 3 heterocycles. The van der Waals surface area contributed by atoms with Gasteiger partial charge >= 0.3 is 0 Å². The van der Waals surface area contributed by atoms with Gasteiger partial charge in [-0.25, -0.2) is 14.6 Å². The molecule has 6 nitrogen and oxygen atoms in total. The standard InChI is InChI=1S/C14H19N5O/c1-2-12-8-11(5-7-20-12)18-13-4-3-6-16-14(13)19-10-15-9-17-19/h3-4,6,9-12,18H,2,5,7-8H2,1H3. The quantitative estimate of drug-likeness (QED) is 0.923. The molecule has 0 radical (unpaired) electrons. The van der Waals surface area contributed by atoms with E-state index in [4.69, 9.17) is 4.74 Å². The number of aromatic nitrogens is 4. The van der Waals surface area contributed by atoms with Crippen molar-refractivity contribution in [2.24, 2.45) is 0 Å². The van der Waals surface area contributed by atoms with Gasteiger partial charge in [-0.2, -0.15) is 5.10 Å². The first-order chi connectivity index (χ1) is 9.86. The van der Waals surface area contributed by atoms with Crippen LogP contribution in [0, 0.1) is 0 Å². The van der Waals surface area contributed by atoms with Crippen molar-refractivity contribution in [3.8, 4) is 5.82 Å². The lowest BCUT2D eigenvalue weighted by atomic mass is 10.0. The summed E-state index contributed by atoms with van der Waals surface area (Å²) in [6.45, 7) is 2.98. The maximum Gasteiger partial charge on any atom is 0.178 e. The van der Waals surface area contributed by atoms with Crippen molar-refractivity contribution in [3.05, 3.63) is 31.0 Å². The Morgan fingerprint density at radius 3 is 3.25 bits per heavy atom. The Labute approximate surface area is 118 Å². The Morgan fingerprint density at radius 2 is 2.45 bits per heavy atom. The van der Waals surface area contributed by atoms with E-state index in [9.17, 15) is 0 Å². The van der Waals surface area contributed by atoms with Crippen LogP contribution in [0.15, 0.2) is 31.0 Å². The lowest BCUT2D eigenvalue weighted by Crippen LogP contribution is -2.34. The molecule has 0 saturated carbocycles. The minimum Gasteiger partial charge on any atom is -0.379 e. The number of nitrogens with one attached hydrogen (secondary N) is 1. The lowest BCUT2D eigenvalue weighted by molar-refractivity contribution is 0.00925. The van der Waals surface area contributed by atoms with Crippen molar-refractivity contribution in [2.45, 2.75) is 38.3 Å². The van der Waals surface area contributed by atoms with Gasteiger partial charge in [-0.1, -0.05) is 6.92 Å². The van der Waals surface area contributed by atoms with Crippen molar-refractivity contribution in [2.75, 3.05) is 11.9 Å². The van der Waals surface area contributed by atoms with Crippen LogP contribution in [-0.4, -0.2) is 38.5 Å². The van der Waals surface area contributed by atoms with Gasteiger partial charge in [0.25, 0.3) is 0 Å². The van der Waals surface area contributed by atoms with Crippen molar-refractivity contribution >= 4 is 5.69 Å². The van der Waals surface area contributed by atoms with E-state index < -0.39 is 0 Å². The van der Waals surface area contributed by atoms with Crippen LogP contribution in [0.5, 0.6) is 0 Å². The summed E-state index contributed by atoms with van der Waals surface area (Å²) in [7, 11) is 0. The predicted octanol–water partition coefficient (Wildman–Crippen LogP) is 2.03. The van der Waals surface area contributed by atoms with Crippen molar-refractivity contribution in [1.82, 2.24) is 19.7 Å². The van der Waals surface area contributed by atoms with Gasteiger partial charge in [-0.05, 0) is 31.4 Å². The van der Waals surface area contributed by atoms with Gasteiger partial charge in [0, 0.05) is 18.8 Å². The van der Waals surface area contributed by atoms with Gasteiger partial charge < -0.3 is 10.1 Å². The van der Waals surface area contributed by atoms with Crippen molar-refractivity contribution in [3.63, 3.8) is 0 Å². The normalized spacial score (nSPS) is 22.6. The summed E-state index contributed by atoms with van der Waals surface area (Å²) >= 11 is 0. The van der Waals surface area contributed by atoms with Crippen molar-refractivity contribution < 1.29 is 4.74 Å². The first kappa shape index (κ1) is 13.1. The molecule has 6 heteroatoms. The van der Waals surface area contributed by atoms with Gasteiger partial charge in [-0.3, -0.25) is 0 Å². The maximum atomic E-state index is 5.71. The molecule has 0 amide bonds. The third-order valence-electron chi connectivity index (χ3n) is 3.60. The zero-order valence-corrected chi connectivity index (χ0v) is 11.6. The van der Waals surface area contributed by atoms with Gasteiger partial charge in [0.1, 0.15) is 12.7 Å². The molecular weight excluding hydrogens is 254 g/mol. The Bertz CT molecular complexity index is 542. The van der Waals surface area contributed by atoms with Crippen LogP contribution in [0.4, 0.5) is 5.69 Å². The molecule has 1 aliphatic heterocycles. The van der Waals surface area contributed by atoms with E-state index in [-0.39, 0.29) is 0 Å². The molecule has 1 N–H and O–H groups in total. The minimum absolute atomic E-state index is 0.354. The fourth-order valence-corrected chi connectivity index (χ4v) is 2.53. The molecule has 20 heavy (non-hydrogen) atoms. The number of ether oxygens (including phenoxy) is 1. The second-order valence-electron chi connectivity index (χ2n) is 4.98. The lowest BCUT2D eigenvalue weighted by Gasteiger charge is -2.30. The number of hydrogen-bond acceptors (Lipinski definition) is 5. The highest BCUT2D eigenvalue weighted by atomic mass is 16.5. The molecule has 0 aliphatic carbocycles. The zero-order chi connectivity index (χ0) is 13.8. The van der Waals surface area contributed by atoms with Gasteiger partial charge in [-0.15, -0.1) is 0 Å². The summed E-state index contributed by atoms with van der Waals surface area (Å²) in [4.78, 5) is 8.37. The molecule has 106 valence electrons. The summed E-state index contributed by atoms with van der Waals surface area (Å²) in [6.07, 6.45) is 8.39. The summed E-state index contributed by atoms with van der Waals surface area (Å²) < 4.78 is 7.39. The van der Waals surface area contributed by atoms with E-state index in [1.165, 1.54) is 6.33 Å². The molecular formula is C14H19N5O. The van der Waals surface area contributed by atoms with Crippen LogP contribution in [0.25, 0.3) is 5.82 Å². The SMILES string of the molecule is CCC1CC(Nc2cccnc2-n2cncn2)CCO1. The molecule has 2 atom stereocenters. The average molecular weight is 273 g/mol. The van der Waals surface area contributed by atoms with Crippen LogP contribution >= 0.6 is 0 Å². The monoisotopic (exact) mass is 273 g/mol. The summed E-state index contributed by atoms with van der Waals surface area (Å²) in [5.74, 6) is 0.782. The number of nitrogens with zero attached hydrogens (tertiary/aromatic N) is 4. The topological polar surface area (TPSA) is 64.9 Å². The molecule has 0 bridgehead atoms. The van der Waals surface area contributed by atoms with Gasteiger partial charge in [0.15, 0.2) is 5.82 Å². The first-order valence-corrected chi connectivity index (χ1v) is 7.05. The number of pyridine rings is 1. The second kappa shape index (κ2) is 6.00. The molecule has 1 fully saturated rings. The average Bonchev–Trinajstić information content (AvgIpc) is 3.02. The first-order valence-electron chi connectivity index (χ1n) is 7.05. The summed E-state index contributed by atoms with van der Waals surface area (Å²) in [5.41, 5.74) is 0.986. The highest BCUT2D eigenvalue weighted by Crippen LogP contribution is 2.23. The van der Waals surface area contributed by atoms with Crippen LogP contribution in [0.1, 0.15) is 26.2 Å². The fourth-order valence-electron chi connectivity index (χ4n) is 2.53. The third kappa shape index (κ3) is 2.80. The molecule has 1 saturated heterocycles. The predicted molar refractivity (Wildman–Crippen MR) is 75.8 cm³/mol. The van der Waals surface area contributed by atoms with E-state index >= 15 is 0 Å². The van der Waals surface area contributed by atoms with Crippen LogP contribution in [-0.2, 0) is 4.74 Å². The molecule has 2 aromatic rings. The van der Waals surface area contributed by atoms with Gasteiger partial charge in [0.2, 0.25) is 0 Å². The van der Waals surface area contributed by atoms with E-state index in [0.29, 0.717) is 12.1 Å². The minimum atomic E-state index is 0.354. The van der Waals surface area contributed by atoms with Crippen LogP contribution in [0.3, 0.4) is 0 Å². The number of anilines is 1. The van der Waals surface area contributed by atoms with E-state index in [0.717, 1.165) is 37.4 Å². The Balaban J connectivity index is 1.77. The molecule has 2 aromatic heterocycles. The highest BCUT2D eigenvalue weighted by molar-refractivity contribution is 5.56. The summed E-state index contributed by atoms with van der Waals surface area (Å²) in [6, 6.07) is 4.37. The molecule has 3 rings (SSSR count). The fraction of sp³-hybridized carbons (Fsp3) is 0.500. The van der Waals surface area contributed by atoms with E-state index in [1.54, 1.807) is 17.2 Å². The molecule has 0 spiro atoms. The Kier molecular flexibility index (Phi) is 3.92. The maximum absolute atomic E-state index is 5.71. The number of rotatable bonds is 4. The van der Waals surface area contributed by atoms with E-state index in [2.05, 4.69) is 27.3 Å². The smallest absolute Gasteiger partial charge is 0.178 e. The second-order valence-corrected chi connectivity index (χ2v) is 4.98. The third-order valence-corrected chi connectivity index (χ3v) is 3.60. The molecule has 1 aliphatic rings. The largest absolute Gasteiger partial charge is 0.379 e. The number of hydrogen-bond donors (Lipinski definition) is 1. The van der Waals surface area contributed by atoms with Crippen LogP contribution < -0.4 is 5.32 Å². The summed E-state index contributed by atoms with van der Waals surface area (Å²) in [5, 5.41) is 7.72. The van der Waals surface area contributed by atoms with Crippen LogP contribution in [0.2, 0.25) is 0 Å². The Hall–Kier alpha value is -1.95. The Morgan fingerprint density at radius 1 is 1.50 bits per heavy atom. The molecule has 0 aromatic carbocycles. The zero-order valence-electron chi connectivity index (χ0n) is 11.6. The molecule has 2 unspecified atom stereocenters. The van der Waals surface area contributed by atoms with Crippen molar-refractivity contribution in [1.29, 1.82) is 0 Å². The highest BCUT2D eigenvalue weighted by Gasteiger charge is 2.22.